The van der Waals surface area contributed by atoms with Gasteiger partial charge in [-0.05, 0) is 107 Å². The second-order valence-corrected chi connectivity index (χ2v) is 9.26. The molecule has 0 fully saturated rings. The molecule has 184 valence electrons. The van der Waals surface area contributed by atoms with E-state index >= 15 is 0 Å². The molecule has 2 nitrogen and oxygen atoms in total. The molecule has 0 aliphatic carbocycles. The molecule has 0 saturated heterocycles. The van der Waals surface area contributed by atoms with E-state index in [2.05, 4.69) is 91.0 Å². The SMILES string of the molecule is CC(C)=CCCC(C)=CCCC(C)=CCN.CC=CCCC(C)=CCCC(C)=CC(C)N. The molecule has 0 heterocycles. The van der Waals surface area contributed by atoms with Gasteiger partial charge in [-0.1, -0.05) is 70.4 Å². The normalized spacial score (nSPS) is 14.3. The van der Waals surface area contributed by atoms with Crippen LogP contribution in [0.2, 0.25) is 0 Å². The van der Waals surface area contributed by atoms with Crippen molar-refractivity contribution >= 4 is 0 Å². The van der Waals surface area contributed by atoms with E-state index in [0.717, 1.165) is 32.1 Å². The molecule has 2 heteroatoms. The fourth-order valence-electron chi connectivity index (χ4n) is 3.20. The van der Waals surface area contributed by atoms with Crippen LogP contribution in [0, 0.1) is 0 Å². The summed E-state index contributed by atoms with van der Waals surface area (Å²) in [6.07, 6.45) is 24.8. The van der Waals surface area contributed by atoms with Crippen LogP contribution in [-0.4, -0.2) is 12.6 Å². The Labute approximate surface area is 201 Å². The maximum atomic E-state index is 5.71. The Hall–Kier alpha value is -1.64. The van der Waals surface area contributed by atoms with Crippen molar-refractivity contribution in [1.29, 1.82) is 0 Å². The molecule has 0 aromatic carbocycles. The lowest BCUT2D eigenvalue weighted by Gasteiger charge is -2.02. The Kier molecular flexibility index (Phi) is 22.9. The molecule has 0 aromatic heterocycles. The fourth-order valence-corrected chi connectivity index (χ4v) is 3.20. The van der Waals surface area contributed by atoms with Crippen molar-refractivity contribution in [3.63, 3.8) is 0 Å². The molecule has 1 unspecified atom stereocenters. The summed E-state index contributed by atoms with van der Waals surface area (Å²) in [5.74, 6) is 0. The maximum absolute atomic E-state index is 5.71. The summed E-state index contributed by atoms with van der Waals surface area (Å²) in [5.41, 5.74) is 18.4. The van der Waals surface area contributed by atoms with Gasteiger partial charge in [-0.2, -0.15) is 0 Å². The molecular formula is C30H54N2. The smallest absolute Gasteiger partial charge is 0.0197 e. The van der Waals surface area contributed by atoms with Gasteiger partial charge in [-0.25, -0.2) is 0 Å². The molecule has 0 aliphatic rings. The van der Waals surface area contributed by atoms with Gasteiger partial charge >= 0.3 is 0 Å². The Morgan fingerprint density at radius 3 is 1.53 bits per heavy atom. The van der Waals surface area contributed by atoms with E-state index in [1.165, 1.54) is 47.1 Å². The van der Waals surface area contributed by atoms with Gasteiger partial charge < -0.3 is 11.5 Å². The lowest BCUT2D eigenvalue weighted by atomic mass is 10.1. The highest BCUT2D eigenvalue weighted by Crippen LogP contribution is 2.12. The molecule has 0 aliphatic heterocycles. The third kappa shape index (κ3) is 26.4. The van der Waals surface area contributed by atoms with Gasteiger partial charge in [0.25, 0.3) is 0 Å². The summed E-state index contributed by atoms with van der Waals surface area (Å²) in [6.45, 7) is 17.8. The van der Waals surface area contributed by atoms with Gasteiger partial charge in [0.15, 0.2) is 0 Å². The summed E-state index contributed by atoms with van der Waals surface area (Å²) < 4.78 is 0. The van der Waals surface area contributed by atoms with Crippen molar-refractivity contribution in [1.82, 2.24) is 0 Å². The lowest BCUT2D eigenvalue weighted by molar-refractivity contribution is 0.874. The molecule has 4 N–H and O–H groups in total. The average Bonchev–Trinajstić information content (AvgIpc) is 2.68. The molecule has 0 radical (unpaired) electrons. The molecule has 0 rings (SSSR count). The Bertz CT molecular complexity index is 636. The van der Waals surface area contributed by atoms with Gasteiger partial charge in [-0.15, -0.1) is 0 Å². The van der Waals surface area contributed by atoms with Crippen LogP contribution in [-0.2, 0) is 0 Å². The van der Waals surface area contributed by atoms with Crippen molar-refractivity contribution in [3.8, 4) is 0 Å². The minimum absolute atomic E-state index is 0.180. The van der Waals surface area contributed by atoms with Crippen molar-refractivity contribution in [2.75, 3.05) is 6.54 Å². The predicted octanol–water partition coefficient (Wildman–Crippen LogP) is 8.73. The van der Waals surface area contributed by atoms with Gasteiger partial charge in [-0.3, -0.25) is 0 Å². The zero-order valence-corrected chi connectivity index (χ0v) is 22.6. The third-order valence-corrected chi connectivity index (χ3v) is 5.11. The van der Waals surface area contributed by atoms with Crippen molar-refractivity contribution in [3.05, 3.63) is 70.4 Å². The van der Waals surface area contributed by atoms with Crippen LogP contribution in [0.3, 0.4) is 0 Å². The Balaban J connectivity index is 0. The molecular weight excluding hydrogens is 388 g/mol. The minimum atomic E-state index is 0.180. The molecule has 0 amide bonds. The number of rotatable bonds is 14. The van der Waals surface area contributed by atoms with Gasteiger partial charge in [0.1, 0.15) is 0 Å². The summed E-state index contributed by atoms with van der Waals surface area (Å²) in [7, 11) is 0. The number of hydrogen-bond donors (Lipinski definition) is 2. The number of hydrogen-bond acceptors (Lipinski definition) is 2. The second kappa shape index (κ2) is 22.6. The first-order chi connectivity index (χ1) is 15.1. The summed E-state index contributed by atoms with van der Waals surface area (Å²) in [6, 6.07) is 0.180. The lowest BCUT2D eigenvalue weighted by Crippen LogP contribution is -2.11. The van der Waals surface area contributed by atoms with E-state index in [4.69, 9.17) is 11.5 Å². The van der Waals surface area contributed by atoms with E-state index in [9.17, 15) is 0 Å². The second-order valence-electron chi connectivity index (χ2n) is 9.26. The van der Waals surface area contributed by atoms with E-state index in [1.54, 1.807) is 0 Å². The molecule has 32 heavy (non-hydrogen) atoms. The Morgan fingerprint density at radius 2 is 1.09 bits per heavy atom. The quantitative estimate of drug-likeness (QED) is 0.264. The molecule has 0 spiro atoms. The van der Waals surface area contributed by atoms with Crippen LogP contribution in [0.4, 0.5) is 0 Å². The molecule has 1 atom stereocenters. The Morgan fingerprint density at radius 1 is 0.656 bits per heavy atom. The summed E-state index contributed by atoms with van der Waals surface area (Å²) in [4.78, 5) is 0. The van der Waals surface area contributed by atoms with Crippen LogP contribution in [0.15, 0.2) is 70.4 Å². The topological polar surface area (TPSA) is 52.0 Å². The average molecular weight is 443 g/mol. The van der Waals surface area contributed by atoms with Crippen molar-refractivity contribution in [2.24, 2.45) is 11.5 Å². The first-order valence-corrected chi connectivity index (χ1v) is 12.5. The minimum Gasteiger partial charge on any atom is -0.327 e. The monoisotopic (exact) mass is 442 g/mol. The third-order valence-electron chi connectivity index (χ3n) is 5.11. The van der Waals surface area contributed by atoms with Gasteiger partial charge in [0, 0.05) is 12.6 Å². The van der Waals surface area contributed by atoms with Crippen LogP contribution in [0.1, 0.15) is 107 Å². The van der Waals surface area contributed by atoms with E-state index in [-0.39, 0.29) is 6.04 Å². The van der Waals surface area contributed by atoms with Crippen LogP contribution in [0.25, 0.3) is 0 Å². The highest BCUT2D eigenvalue weighted by molar-refractivity contribution is 5.07. The zero-order chi connectivity index (χ0) is 24.8. The van der Waals surface area contributed by atoms with Gasteiger partial charge in [0.2, 0.25) is 0 Å². The predicted molar refractivity (Wildman–Crippen MR) is 149 cm³/mol. The van der Waals surface area contributed by atoms with Crippen molar-refractivity contribution < 1.29 is 0 Å². The first-order valence-electron chi connectivity index (χ1n) is 12.5. The highest BCUT2D eigenvalue weighted by atomic mass is 14.6. The van der Waals surface area contributed by atoms with Crippen LogP contribution in [0.5, 0.6) is 0 Å². The fraction of sp³-hybridized carbons (Fsp3) is 0.600. The van der Waals surface area contributed by atoms with E-state index in [1.807, 2.05) is 6.92 Å². The highest BCUT2D eigenvalue weighted by Gasteiger charge is 1.93. The standard InChI is InChI=1S/2C15H27N/c1-13(2)7-5-8-14(3)9-6-10-15(4)11-12-16;1-5-6-7-9-13(2)10-8-11-14(3)12-15(4)16/h7,9,11H,5-6,8,10,12,16H2,1-4H3;5-6,10,12,15H,7-9,11,16H2,1-4H3. The van der Waals surface area contributed by atoms with Crippen LogP contribution >= 0.6 is 0 Å². The largest absolute Gasteiger partial charge is 0.327 e. The molecule has 0 bridgehead atoms. The van der Waals surface area contributed by atoms with E-state index < -0.39 is 0 Å². The first kappa shape index (κ1) is 32.5. The summed E-state index contributed by atoms with van der Waals surface area (Å²) >= 11 is 0. The molecule has 0 saturated carbocycles. The maximum Gasteiger partial charge on any atom is 0.0197 e. The van der Waals surface area contributed by atoms with E-state index in [0.29, 0.717) is 6.54 Å². The van der Waals surface area contributed by atoms with Crippen molar-refractivity contribution in [2.45, 2.75) is 113 Å². The number of allylic oxidation sites excluding steroid dienone is 10. The molecule has 0 aromatic rings. The van der Waals surface area contributed by atoms with Gasteiger partial charge in [0.05, 0.1) is 0 Å². The summed E-state index contributed by atoms with van der Waals surface area (Å²) in [5, 5.41) is 0. The zero-order valence-electron chi connectivity index (χ0n) is 22.6. The van der Waals surface area contributed by atoms with Crippen LogP contribution < -0.4 is 11.5 Å². The number of nitrogens with two attached hydrogens (primary N) is 2.